The second kappa shape index (κ2) is 2.34. The third-order valence-electron chi connectivity index (χ3n) is 1.73. The molecule has 0 atom stereocenters. The van der Waals surface area contributed by atoms with E-state index in [4.69, 9.17) is 5.73 Å². The van der Waals surface area contributed by atoms with Crippen molar-refractivity contribution in [1.82, 2.24) is 9.97 Å². The van der Waals surface area contributed by atoms with E-state index in [1.807, 2.05) is 6.07 Å². The average Bonchev–Trinajstić information content (AvgIpc) is 2.49. The number of aromatic nitrogens is 2. The number of aromatic amines is 1. The molecular formula is C8H7N3O. The Morgan fingerprint density at radius 3 is 3.08 bits per heavy atom. The molecule has 2 aromatic heterocycles. The first-order chi connectivity index (χ1) is 5.79. The summed E-state index contributed by atoms with van der Waals surface area (Å²) in [6.45, 7) is 0. The molecule has 4 heteroatoms. The quantitative estimate of drug-likeness (QED) is 0.644. The molecule has 60 valence electrons. The lowest BCUT2D eigenvalue weighted by atomic mass is 10.2. The highest BCUT2D eigenvalue weighted by Gasteiger charge is 2.06. The van der Waals surface area contributed by atoms with E-state index in [0.29, 0.717) is 5.56 Å². The molecule has 0 aliphatic heterocycles. The minimum absolute atomic E-state index is 0.428. The van der Waals surface area contributed by atoms with Crippen LogP contribution in [0, 0.1) is 0 Å². The van der Waals surface area contributed by atoms with Gasteiger partial charge < -0.3 is 10.7 Å². The third-order valence-corrected chi connectivity index (χ3v) is 1.73. The van der Waals surface area contributed by atoms with Gasteiger partial charge in [-0.1, -0.05) is 0 Å². The van der Waals surface area contributed by atoms with Crippen LogP contribution in [0.1, 0.15) is 10.4 Å². The van der Waals surface area contributed by atoms with Crippen molar-refractivity contribution in [2.45, 2.75) is 0 Å². The van der Waals surface area contributed by atoms with Crippen molar-refractivity contribution in [2.75, 3.05) is 0 Å². The Labute approximate surface area is 68.4 Å². The fourth-order valence-corrected chi connectivity index (χ4v) is 1.17. The highest BCUT2D eigenvalue weighted by molar-refractivity contribution is 6.04. The molecule has 12 heavy (non-hydrogen) atoms. The van der Waals surface area contributed by atoms with Crippen LogP contribution in [0.4, 0.5) is 0 Å². The van der Waals surface area contributed by atoms with Crippen LogP contribution >= 0.6 is 0 Å². The number of pyridine rings is 1. The minimum atomic E-state index is -0.462. The molecule has 0 saturated heterocycles. The Kier molecular flexibility index (Phi) is 1.33. The van der Waals surface area contributed by atoms with Crippen molar-refractivity contribution in [3.63, 3.8) is 0 Å². The van der Waals surface area contributed by atoms with E-state index in [-0.39, 0.29) is 0 Å². The van der Waals surface area contributed by atoms with E-state index in [1.54, 1.807) is 12.4 Å². The smallest absolute Gasteiger partial charge is 0.252 e. The summed E-state index contributed by atoms with van der Waals surface area (Å²) >= 11 is 0. The molecule has 2 rings (SSSR count). The van der Waals surface area contributed by atoms with Gasteiger partial charge in [0.2, 0.25) is 0 Å². The van der Waals surface area contributed by atoms with Gasteiger partial charge in [0, 0.05) is 24.0 Å². The van der Waals surface area contributed by atoms with Gasteiger partial charge in [0.1, 0.15) is 0 Å². The fraction of sp³-hybridized carbons (Fsp3) is 0. The summed E-state index contributed by atoms with van der Waals surface area (Å²) in [5, 5.41) is 0.895. The van der Waals surface area contributed by atoms with E-state index in [0.717, 1.165) is 10.9 Å². The number of amides is 1. The second-order valence-electron chi connectivity index (χ2n) is 2.49. The highest BCUT2D eigenvalue weighted by Crippen LogP contribution is 2.13. The first-order valence-electron chi connectivity index (χ1n) is 3.50. The molecule has 1 amide bonds. The van der Waals surface area contributed by atoms with Crippen LogP contribution in [0.25, 0.3) is 10.9 Å². The number of hydrogen-bond donors (Lipinski definition) is 2. The number of carbonyl (C=O) groups excluding carboxylic acids is 1. The topological polar surface area (TPSA) is 71.8 Å². The first kappa shape index (κ1) is 6.84. The number of nitrogens with two attached hydrogens (primary N) is 1. The van der Waals surface area contributed by atoms with Gasteiger partial charge in [-0.3, -0.25) is 9.78 Å². The van der Waals surface area contributed by atoms with Crippen molar-refractivity contribution in [1.29, 1.82) is 0 Å². The zero-order valence-electron chi connectivity index (χ0n) is 6.24. The molecule has 0 saturated carbocycles. The predicted octanol–water partition coefficient (Wildman–Crippen LogP) is 0.662. The summed E-state index contributed by atoms with van der Waals surface area (Å²) in [6, 6.07) is 1.84. The predicted molar refractivity (Wildman–Crippen MR) is 44.6 cm³/mol. The lowest BCUT2D eigenvalue weighted by Crippen LogP contribution is -2.11. The lowest BCUT2D eigenvalue weighted by Gasteiger charge is -1.95. The molecule has 4 nitrogen and oxygen atoms in total. The largest absolute Gasteiger partial charge is 0.365 e. The third kappa shape index (κ3) is 0.852. The number of primary amides is 1. The molecule has 0 radical (unpaired) electrons. The Morgan fingerprint density at radius 2 is 2.33 bits per heavy atom. The van der Waals surface area contributed by atoms with E-state index in [9.17, 15) is 4.79 Å². The molecule has 0 aliphatic rings. The van der Waals surface area contributed by atoms with Crippen LogP contribution < -0.4 is 5.73 Å². The van der Waals surface area contributed by atoms with Crippen LogP contribution in [-0.4, -0.2) is 15.9 Å². The van der Waals surface area contributed by atoms with Crippen LogP contribution in [0.5, 0.6) is 0 Å². The number of nitrogens with zero attached hydrogens (tertiary/aromatic N) is 1. The molecular weight excluding hydrogens is 154 g/mol. The summed E-state index contributed by atoms with van der Waals surface area (Å²) in [5.74, 6) is -0.462. The zero-order valence-corrected chi connectivity index (χ0v) is 6.24. The van der Waals surface area contributed by atoms with Gasteiger partial charge in [-0.05, 0) is 6.07 Å². The summed E-state index contributed by atoms with van der Waals surface area (Å²) in [7, 11) is 0. The van der Waals surface area contributed by atoms with Crippen LogP contribution in [0.3, 0.4) is 0 Å². The Bertz CT molecular complexity index is 433. The Hall–Kier alpha value is -1.84. The maximum atomic E-state index is 10.9. The van der Waals surface area contributed by atoms with Crippen molar-refractivity contribution in [2.24, 2.45) is 5.73 Å². The summed E-state index contributed by atoms with van der Waals surface area (Å²) in [4.78, 5) is 17.7. The second-order valence-corrected chi connectivity index (χ2v) is 2.49. The van der Waals surface area contributed by atoms with Gasteiger partial charge in [0.05, 0.1) is 11.1 Å². The molecule has 2 aromatic rings. The Morgan fingerprint density at radius 1 is 1.50 bits per heavy atom. The fourth-order valence-electron chi connectivity index (χ4n) is 1.17. The van der Waals surface area contributed by atoms with Crippen molar-refractivity contribution >= 4 is 16.8 Å². The van der Waals surface area contributed by atoms with Gasteiger partial charge >= 0.3 is 0 Å². The maximum absolute atomic E-state index is 10.9. The number of rotatable bonds is 1. The summed E-state index contributed by atoms with van der Waals surface area (Å²) < 4.78 is 0. The molecule has 2 heterocycles. The summed E-state index contributed by atoms with van der Waals surface area (Å²) in [5.41, 5.74) is 6.32. The van der Waals surface area contributed by atoms with Crippen molar-refractivity contribution in [3.05, 3.63) is 30.2 Å². The van der Waals surface area contributed by atoms with Gasteiger partial charge in [-0.25, -0.2) is 0 Å². The Balaban J connectivity index is 2.82. The molecule has 0 aromatic carbocycles. The number of nitrogens with one attached hydrogen (secondary N) is 1. The van der Waals surface area contributed by atoms with E-state index in [2.05, 4.69) is 9.97 Å². The standard InChI is InChI=1S/C8H7N3O/c9-8(12)6-4-10-3-5-1-2-11-7(5)6/h1-4,11H,(H2,9,12). The normalized spacial score (nSPS) is 10.3. The van der Waals surface area contributed by atoms with E-state index in [1.165, 1.54) is 6.20 Å². The van der Waals surface area contributed by atoms with Gasteiger partial charge in [-0.2, -0.15) is 0 Å². The first-order valence-corrected chi connectivity index (χ1v) is 3.50. The van der Waals surface area contributed by atoms with Crippen molar-refractivity contribution in [3.8, 4) is 0 Å². The SMILES string of the molecule is NC(=O)c1cncc2cc[nH]c12. The van der Waals surface area contributed by atoms with E-state index >= 15 is 0 Å². The summed E-state index contributed by atoms with van der Waals surface area (Å²) in [6.07, 6.45) is 4.89. The van der Waals surface area contributed by atoms with Gasteiger partial charge in [-0.15, -0.1) is 0 Å². The van der Waals surface area contributed by atoms with Crippen LogP contribution in [0.15, 0.2) is 24.7 Å². The zero-order chi connectivity index (χ0) is 8.55. The number of H-pyrrole nitrogens is 1. The minimum Gasteiger partial charge on any atom is -0.365 e. The lowest BCUT2D eigenvalue weighted by molar-refractivity contribution is 0.100. The average molecular weight is 161 g/mol. The molecule has 0 fully saturated rings. The van der Waals surface area contributed by atoms with Crippen LogP contribution in [-0.2, 0) is 0 Å². The van der Waals surface area contributed by atoms with Gasteiger partial charge in [0.25, 0.3) is 5.91 Å². The number of carbonyl (C=O) groups is 1. The molecule has 0 unspecified atom stereocenters. The van der Waals surface area contributed by atoms with E-state index < -0.39 is 5.91 Å². The number of hydrogen-bond acceptors (Lipinski definition) is 2. The van der Waals surface area contributed by atoms with Gasteiger partial charge in [0.15, 0.2) is 0 Å². The highest BCUT2D eigenvalue weighted by atomic mass is 16.1. The molecule has 0 aliphatic carbocycles. The number of fused-ring (bicyclic) bond motifs is 1. The monoisotopic (exact) mass is 161 g/mol. The molecule has 3 N–H and O–H groups in total. The molecule has 0 bridgehead atoms. The maximum Gasteiger partial charge on any atom is 0.252 e. The molecule has 0 spiro atoms. The van der Waals surface area contributed by atoms with Crippen molar-refractivity contribution < 1.29 is 4.79 Å². The van der Waals surface area contributed by atoms with Crippen LogP contribution in [0.2, 0.25) is 0 Å².